The van der Waals surface area contributed by atoms with Gasteiger partial charge in [-0.3, -0.25) is 0 Å². The van der Waals surface area contributed by atoms with Crippen molar-refractivity contribution >= 4 is 28.5 Å². The van der Waals surface area contributed by atoms with Crippen LogP contribution in [0.5, 0.6) is 0 Å². The van der Waals surface area contributed by atoms with E-state index in [9.17, 15) is 0 Å². The average Bonchev–Trinajstić information content (AvgIpc) is 2.19. The molecule has 0 aromatic heterocycles. The average molecular weight is 167 g/mol. The molecule has 3 rings (SSSR count). The third-order valence-corrected chi connectivity index (χ3v) is 2.25. The summed E-state index contributed by atoms with van der Waals surface area (Å²) in [6, 6.07) is 12.2. The summed E-state index contributed by atoms with van der Waals surface area (Å²) in [5.74, 6) is 0. The van der Waals surface area contributed by atoms with Crippen molar-refractivity contribution in [1.29, 1.82) is 0 Å². The molecular weight excluding hydrogens is 160 g/mol. The first-order valence-electron chi connectivity index (χ1n) is 4.20. The standard InChI is InChI=1S/C11H7N2/c1-3-8-4-2-6-10-11(8)9(5-1)12-7-13-10/h1-7H/q-1. The molecule has 0 atom stereocenters. The summed E-state index contributed by atoms with van der Waals surface area (Å²) in [6.07, 6.45) is 1.61. The molecule has 0 fully saturated rings. The number of aliphatic imine (C=N–C) groups is 1. The van der Waals surface area contributed by atoms with E-state index in [1.54, 1.807) is 6.34 Å². The Morgan fingerprint density at radius 2 is 1.85 bits per heavy atom. The van der Waals surface area contributed by atoms with E-state index in [0.717, 1.165) is 16.8 Å². The van der Waals surface area contributed by atoms with Gasteiger partial charge in [-0.25, -0.2) is 0 Å². The minimum atomic E-state index is 1.02. The third kappa shape index (κ3) is 0.855. The predicted octanol–water partition coefficient (Wildman–Crippen LogP) is 3.52. The van der Waals surface area contributed by atoms with E-state index in [-0.39, 0.29) is 0 Å². The van der Waals surface area contributed by atoms with Crippen molar-refractivity contribution < 1.29 is 0 Å². The molecule has 0 N–H and O–H groups in total. The molecule has 1 aliphatic rings. The van der Waals surface area contributed by atoms with Crippen LogP contribution in [0.4, 0.5) is 11.4 Å². The molecule has 0 amide bonds. The summed E-state index contributed by atoms with van der Waals surface area (Å²) < 4.78 is 0. The molecule has 1 aliphatic heterocycles. The van der Waals surface area contributed by atoms with E-state index in [0.29, 0.717) is 0 Å². The van der Waals surface area contributed by atoms with Crippen molar-refractivity contribution in [3.05, 3.63) is 41.7 Å². The number of hydrogen-bond acceptors (Lipinski definition) is 1. The normalized spacial score (nSPS) is 12.9. The second kappa shape index (κ2) is 2.33. The maximum Gasteiger partial charge on any atom is -0.0120 e. The van der Waals surface area contributed by atoms with Crippen LogP contribution in [0.15, 0.2) is 41.4 Å². The Balaban J connectivity index is 2.56. The highest BCUT2D eigenvalue weighted by Crippen LogP contribution is 2.38. The first-order valence-corrected chi connectivity index (χ1v) is 4.20. The molecule has 0 bridgehead atoms. The van der Waals surface area contributed by atoms with E-state index >= 15 is 0 Å². The molecule has 2 heteroatoms. The van der Waals surface area contributed by atoms with E-state index in [2.05, 4.69) is 22.4 Å². The van der Waals surface area contributed by atoms with Crippen molar-refractivity contribution in [2.45, 2.75) is 0 Å². The van der Waals surface area contributed by atoms with Crippen LogP contribution in [0.1, 0.15) is 0 Å². The van der Waals surface area contributed by atoms with Crippen LogP contribution in [0.25, 0.3) is 16.1 Å². The van der Waals surface area contributed by atoms with Crippen molar-refractivity contribution in [2.75, 3.05) is 0 Å². The first kappa shape index (κ1) is 6.66. The smallest absolute Gasteiger partial charge is 0.0120 e. The van der Waals surface area contributed by atoms with Crippen LogP contribution in [0.2, 0.25) is 0 Å². The molecule has 2 aromatic rings. The van der Waals surface area contributed by atoms with Gasteiger partial charge in [0.1, 0.15) is 0 Å². The van der Waals surface area contributed by atoms with Gasteiger partial charge in [0.05, 0.1) is 0 Å². The van der Waals surface area contributed by atoms with Gasteiger partial charge in [0.15, 0.2) is 0 Å². The lowest BCUT2D eigenvalue weighted by atomic mass is 10.1. The number of hydrogen-bond donors (Lipinski definition) is 0. The highest BCUT2D eigenvalue weighted by molar-refractivity contribution is 6.10. The Labute approximate surface area is 75.9 Å². The Kier molecular flexibility index (Phi) is 1.19. The maximum absolute atomic E-state index is 4.22. The van der Waals surface area contributed by atoms with Crippen molar-refractivity contribution in [1.82, 2.24) is 0 Å². The molecule has 0 spiro atoms. The predicted molar refractivity (Wildman–Crippen MR) is 55.1 cm³/mol. The van der Waals surface area contributed by atoms with Gasteiger partial charge in [-0.2, -0.15) is 0 Å². The molecular formula is C11H7N2-. The third-order valence-electron chi connectivity index (χ3n) is 2.25. The Morgan fingerprint density at radius 1 is 1.00 bits per heavy atom. The lowest BCUT2D eigenvalue weighted by molar-refractivity contribution is 1.55. The monoisotopic (exact) mass is 167 g/mol. The van der Waals surface area contributed by atoms with Gasteiger partial charge >= 0.3 is 0 Å². The summed E-state index contributed by atoms with van der Waals surface area (Å²) >= 11 is 0. The van der Waals surface area contributed by atoms with E-state index in [4.69, 9.17) is 0 Å². The van der Waals surface area contributed by atoms with E-state index in [1.807, 2.05) is 24.3 Å². The SMILES string of the molecule is C1=Nc2cccc3cccc(c23)[N-]1. The quantitative estimate of drug-likeness (QED) is 0.574. The molecule has 0 unspecified atom stereocenters. The van der Waals surface area contributed by atoms with Gasteiger partial charge in [-0.05, 0) is 22.1 Å². The van der Waals surface area contributed by atoms with Crippen molar-refractivity contribution in [3.63, 3.8) is 0 Å². The second-order valence-electron chi connectivity index (χ2n) is 3.03. The largest absolute Gasteiger partial charge is 0.443 e. The minimum absolute atomic E-state index is 1.02. The van der Waals surface area contributed by atoms with Crippen LogP contribution >= 0.6 is 0 Å². The lowest BCUT2D eigenvalue weighted by Crippen LogP contribution is -1.82. The maximum atomic E-state index is 4.22. The summed E-state index contributed by atoms with van der Waals surface area (Å²) in [6.45, 7) is 0. The molecule has 2 nitrogen and oxygen atoms in total. The van der Waals surface area contributed by atoms with E-state index in [1.165, 1.54) is 5.39 Å². The molecule has 0 saturated heterocycles. The second-order valence-corrected chi connectivity index (χ2v) is 3.03. The van der Waals surface area contributed by atoms with Crippen molar-refractivity contribution in [2.24, 2.45) is 4.99 Å². The van der Waals surface area contributed by atoms with E-state index < -0.39 is 0 Å². The highest BCUT2D eigenvalue weighted by atomic mass is 15.0. The molecule has 0 aliphatic carbocycles. The van der Waals surface area contributed by atoms with Crippen LogP contribution in [-0.4, -0.2) is 6.34 Å². The van der Waals surface area contributed by atoms with Crippen LogP contribution in [0, 0.1) is 0 Å². The fraction of sp³-hybridized carbons (Fsp3) is 0. The van der Waals surface area contributed by atoms with Crippen LogP contribution in [0.3, 0.4) is 0 Å². The zero-order chi connectivity index (χ0) is 8.67. The number of nitrogens with zero attached hydrogens (tertiary/aromatic N) is 2. The summed E-state index contributed by atoms with van der Waals surface area (Å²) in [7, 11) is 0. The molecule has 2 aromatic carbocycles. The molecule has 13 heavy (non-hydrogen) atoms. The molecule has 62 valence electrons. The molecule has 1 heterocycles. The molecule has 0 radical (unpaired) electrons. The van der Waals surface area contributed by atoms with Crippen molar-refractivity contribution in [3.8, 4) is 0 Å². The topological polar surface area (TPSA) is 26.5 Å². The fourth-order valence-electron chi connectivity index (χ4n) is 1.67. The zero-order valence-corrected chi connectivity index (χ0v) is 6.94. The highest BCUT2D eigenvalue weighted by Gasteiger charge is 2.00. The summed E-state index contributed by atoms with van der Waals surface area (Å²) in [4.78, 5) is 4.22. The minimum Gasteiger partial charge on any atom is -0.443 e. The van der Waals surface area contributed by atoms with Gasteiger partial charge in [-0.1, -0.05) is 42.7 Å². The lowest BCUT2D eigenvalue weighted by Gasteiger charge is -2.20. The fourth-order valence-corrected chi connectivity index (χ4v) is 1.67. The van der Waals surface area contributed by atoms with Gasteiger partial charge in [0, 0.05) is 0 Å². The summed E-state index contributed by atoms with van der Waals surface area (Å²) in [5.41, 5.74) is 2.03. The first-order chi connectivity index (χ1) is 6.45. The molecule has 0 saturated carbocycles. The summed E-state index contributed by atoms with van der Waals surface area (Å²) in [5, 5.41) is 6.58. The Hall–Kier alpha value is -1.83. The Bertz CT molecular complexity index is 495. The van der Waals surface area contributed by atoms with Gasteiger partial charge in [-0.15, -0.1) is 0 Å². The zero-order valence-electron chi connectivity index (χ0n) is 6.94. The number of benzene rings is 2. The van der Waals surface area contributed by atoms with Crippen LogP contribution in [-0.2, 0) is 0 Å². The van der Waals surface area contributed by atoms with Gasteiger partial charge in [0.2, 0.25) is 0 Å². The number of rotatable bonds is 0. The van der Waals surface area contributed by atoms with Gasteiger partial charge < -0.3 is 10.3 Å². The van der Waals surface area contributed by atoms with Crippen LogP contribution < -0.4 is 0 Å². The Morgan fingerprint density at radius 3 is 2.77 bits per heavy atom. The van der Waals surface area contributed by atoms with Gasteiger partial charge in [0.25, 0.3) is 0 Å².